The predicted octanol–water partition coefficient (Wildman–Crippen LogP) is 1.25. The van der Waals surface area contributed by atoms with Crippen molar-refractivity contribution in [2.75, 3.05) is 39.8 Å². The van der Waals surface area contributed by atoms with Crippen LogP contribution >= 0.6 is 11.6 Å². The number of carbonyl (C=O) groups is 1. The molecule has 11 heteroatoms. The number of piperazine rings is 1. The molecule has 2 aromatic rings. The molecule has 1 aromatic carbocycles. The summed E-state index contributed by atoms with van der Waals surface area (Å²) in [4.78, 5) is 20.5. The van der Waals surface area contributed by atoms with Gasteiger partial charge in [0, 0.05) is 37.6 Å². The number of amides is 1. The summed E-state index contributed by atoms with van der Waals surface area (Å²) >= 11 is 5.83. The second-order valence-corrected chi connectivity index (χ2v) is 9.24. The van der Waals surface area contributed by atoms with Gasteiger partial charge in [0.25, 0.3) is 0 Å². The van der Waals surface area contributed by atoms with E-state index in [0.29, 0.717) is 42.8 Å². The Morgan fingerprint density at radius 1 is 1.21 bits per heavy atom. The van der Waals surface area contributed by atoms with Gasteiger partial charge in [0.15, 0.2) is 5.82 Å². The van der Waals surface area contributed by atoms with E-state index >= 15 is 0 Å². The van der Waals surface area contributed by atoms with E-state index < -0.39 is 10.0 Å². The van der Waals surface area contributed by atoms with Crippen molar-refractivity contribution in [1.82, 2.24) is 24.2 Å². The second-order valence-electron chi connectivity index (χ2n) is 6.87. The number of rotatable bonds is 7. The van der Waals surface area contributed by atoms with E-state index in [1.54, 1.807) is 29.0 Å². The maximum atomic E-state index is 12.7. The van der Waals surface area contributed by atoms with Crippen molar-refractivity contribution >= 4 is 27.5 Å². The summed E-state index contributed by atoms with van der Waals surface area (Å²) in [7, 11) is -1.79. The van der Waals surface area contributed by atoms with Gasteiger partial charge in [-0.25, -0.2) is 8.42 Å². The molecule has 0 unspecified atom stereocenters. The van der Waals surface area contributed by atoms with Gasteiger partial charge in [-0.05, 0) is 31.3 Å². The van der Waals surface area contributed by atoms with Gasteiger partial charge >= 0.3 is 0 Å². The molecule has 3 rings (SSSR count). The molecule has 0 atom stereocenters. The highest BCUT2D eigenvalue weighted by Crippen LogP contribution is 2.20. The SMILES string of the molecule is CCc1noc(CN(C)CC(=O)N2CCN(S(=O)(=O)c3ccc(Cl)cc3)CC2)n1. The Balaban J connectivity index is 1.51. The topological polar surface area (TPSA) is 99.9 Å². The Labute approximate surface area is 175 Å². The summed E-state index contributed by atoms with van der Waals surface area (Å²) < 4.78 is 32.0. The molecule has 2 heterocycles. The minimum absolute atomic E-state index is 0.0636. The van der Waals surface area contributed by atoms with Gasteiger partial charge in [-0.1, -0.05) is 23.7 Å². The second kappa shape index (κ2) is 9.21. The number of aryl methyl sites for hydroxylation is 1. The quantitative estimate of drug-likeness (QED) is 0.637. The number of hydrogen-bond donors (Lipinski definition) is 0. The van der Waals surface area contributed by atoms with Crippen molar-refractivity contribution in [2.45, 2.75) is 24.8 Å². The Bertz CT molecular complexity index is 939. The third-order valence-electron chi connectivity index (χ3n) is 4.68. The van der Waals surface area contributed by atoms with Crippen LogP contribution in [-0.4, -0.2) is 78.3 Å². The zero-order valence-electron chi connectivity index (χ0n) is 16.4. The molecule has 0 N–H and O–H groups in total. The van der Waals surface area contributed by atoms with Crippen molar-refractivity contribution < 1.29 is 17.7 Å². The summed E-state index contributed by atoms with van der Waals surface area (Å²) in [6, 6.07) is 6.09. The van der Waals surface area contributed by atoms with Gasteiger partial charge in [0.05, 0.1) is 18.0 Å². The van der Waals surface area contributed by atoms with Crippen LogP contribution in [0.25, 0.3) is 0 Å². The molecular formula is C18H24ClN5O4S. The maximum Gasteiger partial charge on any atom is 0.243 e. The standard InChI is InChI=1S/C18H24ClN5O4S/c1-3-16-20-17(28-21-16)12-22(2)13-18(25)23-8-10-24(11-9-23)29(26,27)15-6-4-14(19)5-7-15/h4-7H,3,8-13H2,1-2H3. The smallest absolute Gasteiger partial charge is 0.243 e. The van der Waals surface area contributed by atoms with Crippen molar-refractivity contribution in [1.29, 1.82) is 0 Å². The number of benzene rings is 1. The third kappa shape index (κ3) is 5.33. The lowest BCUT2D eigenvalue weighted by molar-refractivity contribution is -0.133. The fourth-order valence-corrected chi connectivity index (χ4v) is 4.60. The van der Waals surface area contributed by atoms with Crippen LogP contribution in [0.5, 0.6) is 0 Å². The van der Waals surface area contributed by atoms with Crippen LogP contribution in [0.1, 0.15) is 18.6 Å². The average Bonchev–Trinajstić information content (AvgIpc) is 3.15. The van der Waals surface area contributed by atoms with Crippen LogP contribution in [0.3, 0.4) is 0 Å². The number of aromatic nitrogens is 2. The van der Waals surface area contributed by atoms with E-state index in [4.69, 9.17) is 16.1 Å². The molecule has 29 heavy (non-hydrogen) atoms. The molecule has 0 radical (unpaired) electrons. The van der Waals surface area contributed by atoms with Crippen LogP contribution < -0.4 is 0 Å². The van der Waals surface area contributed by atoms with Crippen molar-refractivity contribution in [3.63, 3.8) is 0 Å². The molecule has 1 fully saturated rings. The van der Waals surface area contributed by atoms with Crippen LogP contribution in [0.4, 0.5) is 0 Å². The first-order valence-electron chi connectivity index (χ1n) is 9.33. The molecule has 1 aliphatic heterocycles. The zero-order valence-corrected chi connectivity index (χ0v) is 18.0. The summed E-state index contributed by atoms with van der Waals surface area (Å²) in [6.45, 7) is 3.71. The number of carbonyl (C=O) groups excluding carboxylic acids is 1. The van der Waals surface area contributed by atoms with E-state index in [9.17, 15) is 13.2 Å². The highest BCUT2D eigenvalue weighted by atomic mass is 35.5. The first-order chi connectivity index (χ1) is 13.8. The molecule has 0 spiro atoms. The van der Waals surface area contributed by atoms with E-state index in [1.807, 2.05) is 6.92 Å². The van der Waals surface area contributed by atoms with E-state index in [2.05, 4.69) is 10.1 Å². The molecule has 0 saturated carbocycles. The van der Waals surface area contributed by atoms with Crippen molar-refractivity contribution in [3.8, 4) is 0 Å². The highest BCUT2D eigenvalue weighted by molar-refractivity contribution is 7.89. The van der Waals surface area contributed by atoms with Crippen LogP contribution in [0, 0.1) is 0 Å². The third-order valence-corrected chi connectivity index (χ3v) is 6.84. The zero-order chi connectivity index (χ0) is 21.0. The normalized spacial score (nSPS) is 15.8. The van der Waals surface area contributed by atoms with E-state index in [1.165, 1.54) is 16.4 Å². The molecule has 9 nitrogen and oxygen atoms in total. The largest absolute Gasteiger partial charge is 0.339 e. The summed E-state index contributed by atoms with van der Waals surface area (Å²) in [5.74, 6) is 1.04. The number of sulfonamides is 1. The fourth-order valence-electron chi connectivity index (χ4n) is 3.05. The van der Waals surface area contributed by atoms with Crippen LogP contribution in [-0.2, 0) is 27.8 Å². The monoisotopic (exact) mass is 441 g/mol. The Hall–Kier alpha value is -2.01. The molecule has 1 saturated heterocycles. The van der Waals surface area contributed by atoms with Crippen molar-refractivity contribution in [3.05, 3.63) is 41.0 Å². The first-order valence-corrected chi connectivity index (χ1v) is 11.1. The minimum atomic E-state index is -3.59. The predicted molar refractivity (Wildman–Crippen MR) is 107 cm³/mol. The molecule has 0 aliphatic carbocycles. The van der Waals surface area contributed by atoms with Gasteiger partial charge in [-0.2, -0.15) is 9.29 Å². The molecule has 1 aromatic heterocycles. The summed E-state index contributed by atoms with van der Waals surface area (Å²) in [5.41, 5.74) is 0. The van der Waals surface area contributed by atoms with Gasteiger partial charge in [0.1, 0.15) is 0 Å². The van der Waals surface area contributed by atoms with Crippen molar-refractivity contribution in [2.24, 2.45) is 0 Å². The fraction of sp³-hybridized carbons (Fsp3) is 0.500. The Morgan fingerprint density at radius 2 is 1.86 bits per heavy atom. The van der Waals surface area contributed by atoms with Gasteiger partial charge in [0.2, 0.25) is 21.8 Å². The molecule has 1 amide bonds. The highest BCUT2D eigenvalue weighted by Gasteiger charge is 2.30. The van der Waals surface area contributed by atoms with Gasteiger partial charge in [-0.3, -0.25) is 9.69 Å². The number of halogens is 1. The van der Waals surface area contributed by atoms with Crippen LogP contribution in [0.2, 0.25) is 5.02 Å². The molecule has 158 valence electrons. The molecule has 1 aliphatic rings. The van der Waals surface area contributed by atoms with E-state index in [0.717, 1.165) is 0 Å². The van der Waals surface area contributed by atoms with E-state index in [-0.39, 0.29) is 30.4 Å². The number of hydrogen-bond acceptors (Lipinski definition) is 7. The van der Waals surface area contributed by atoms with Gasteiger partial charge in [-0.15, -0.1) is 0 Å². The number of nitrogens with zero attached hydrogens (tertiary/aromatic N) is 5. The Morgan fingerprint density at radius 3 is 2.45 bits per heavy atom. The average molecular weight is 442 g/mol. The maximum absolute atomic E-state index is 12.7. The lowest BCUT2D eigenvalue weighted by atomic mass is 10.3. The number of likely N-dealkylation sites (N-methyl/N-ethyl adjacent to an activating group) is 1. The van der Waals surface area contributed by atoms with Gasteiger partial charge < -0.3 is 9.42 Å². The molecule has 0 bridgehead atoms. The lowest BCUT2D eigenvalue weighted by Crippen LogP contribution is -2.52. The summed E-state index contributed by atoms with van der Waals surface area (Å²) in [6.07, 6.45) is 0.690. The first kappa shape index (κ1) is 21.7. The van der Waals surface area contributed by atoms with Crippen LogP contribution in [0.15, 0.2) is 33.7 Å². The summed E-state index contributed by atoms with van der Waals surface area (Å²) in [5, 5.41) is 4.32. The Kier molecular flexibility index (Phi) is 6.89. The molecular weight excluding hydrogens is 418 g/mol. The lowest BCUT2D eigenvalue weighted by Gasteiger charge is -2.34. The minimum Gasteiger partial charge on any atom is -0.339 e.